The highest BCUT2D eigenvalue weighted by Gasteiger charge is 2.42. The highest BCUT2D eigenvalue weighted by molar-refractivity contribution is 4.96. The summed E-state index contributed by atoms with van der Waals surface area (Å²) in [6, 6.07) is 0.992. The van der Waals surface area contributed by atoms with Crippen LogP contribution in [0.3, 0.4) is 0 Å². The van der Waals surface area contributed by atoms with Crippen LogP contribution in [-0.4, -0.2) is 24.0 Å². The maximum absolute atomic E-state index is 2.86. The Morgan fingerprint density at radius 2 is 1.82 bits per heavy atom. The zero-order chi connectivity index (χ0) is 11.8. The summed E-state index contributed by atoms with van der Waals surface area (Å²) in [5.74, 6) is 4.17. The second-order valence-electron chi connectivity index (χ2n) is 7.00. The maximum atomic E-state index is 2.86. The third kappa shape index (κ3) is 2.28. The Balaban J connectivity index is 1.52. The van der Waals surface area contributed by atoms with Crippen molar-refractivity contribution in [1.82, 2.24) is 4.90 Å². The van der Waals surface area contributed by atoms with E-state index < -0.39 is 0 Å². The van der Waals surface area contributed by atoms with Crippen molar-refractivity contribution in [3.63, 3.8) is 0 Å². The molecule has 0 amide bonds. The molecule has 0 N–H and O–H groups in total. The number of piperidine rings is 1. The van der Waals surface area contributed by atoms with Crippen molar-refractivity contribution in [3.05, 3.63) is 0 Å². The van der Waals surface area contributed by atoms with Gasteiger partial charge in [0.25, 0.3) is 0 Å². The molecule has 98 valence electrons. The molecule has 17 heavy (non-hydrogen) atoms. The molecular weight excluding hydrogens is 206 g/mol. The van der Waals surface area contributed by atoms with Crippen molar-refractivity contribution in [2.75, 3.05) is 13.1 Å². The van der Waals surface area contributed by atoms with E-state index in [0.717, 1.165) is 29.7 Å². The molecule has 1 saturated heterocycles. The summed E-state index contributed by atoms with van der Waals surface area (Å²) in [7, 11) is 0. The fourth-order valence-electron chi connectivity index (χ4n) is 4.81. The predicted molar refractivity (Wildman–Crippen MR) is 73.0 cm³/mol. The molecule has 0 radical (unpaired) electrons. The monoisotopic (exact) mass is 235 g/mol. The molecule has 2 saturated carbocycles. The number of hydrogen-bond donors (Lipinski definition) is 0. The second kappa shape index (κ2) is 4.91. The van der Waals surface area contributed by atoms with Gasteiger partial charge in [0.2, 0.25) is 0 Å². The Kier molecular flexibility index (Phi) is 3.47. The lowest BCUT2D eigenvalue weighted by Crippen LogP contribution is -2.44. The highest BCUT2D eigenvalue weighted by Crippen LogP contribution is 2.47. The SMILES string of the molecule is CCC(C)C1CCN(C2CC3CCC2C3)CC1. The van der Waals surface area contributed by atoms with E-state index in [0.29, 0.717) is 0 Å². The van der Waals surface area contributed by atoms with Gasteiger partial charge in [0.15, 0.2) is 0 Å². The zero-order valence-corrected chi connectivity index (χ0v) is 11.7. The number of likely N-dealkylation sites (tertiary alicyclic amines) is 1. The van der Waals surface area contributed by atoms with Gasteiger partial charge in [0.05, 0.1) is 0 Å². The van der Waals surface area contributed by atoms with Gasteiger partial charge in [-0.05, 0) is 68.9 Å². The molecule has 0 aromatic carbocycles. The molecule has 1 heterocycles. The highest BCUT2D eigenvalue weighted by atomic mass is 15.2. The van der Waals surface area contributed by atoms with Crippen molar-refractivity contribution in [3.8, 4) is 0 Å². The minimum Gasteiger partial charge on any atom is -0.300 e. The van der Waals surface area contributed by atoms with E-state index in [2.05, 4.69) is 18.7 Å². The van der Waals surface area contributed by atoms with Crippen LogP contribution in [0.15, 0.2) is 0 Å². The number of fused-ring (bicyclic) bond motifs is 2. The smallest absolute Gasteiger partial charge is 0.0126 e. The van der Waals surface area contributed by atoms with Crippen LogP contribution in [0.5, 0.6) is 0 Å². The molecule has 0 aromatic rings. The van der Waals surface area contributed by atoms with Gasteiger partial charge in [-0.3, -0.25) is 0 Å². The number of rotatable bonds is 3. The van der Waals surface area contributed by atoms with E-state index in [4.69, 9.17) is 0 Å². The van der Waals surface area contributed by atoms with Crippen LogP contribution in [-0.2, 0) is 0 Å². The summed E-state index contributed by atoms with van der Waals surface area (Å²) in [6.45, 7) is 7.62. The first-order valence-corrected chi connectivity index (χ1v) is 8.02. The molecule has 4 unspecified atom stereocenters. The van der Waals surface area contributed by atoms with Crippen molar-refractivity contribution in [1.29, 1.82) is 0 Å². The van der Waals surface area contributed by atoms with Gasteiger partial charge in [0, 0.05) is 6.04 Å². The lowest BCUT2D eigenvalue weighted by Gasteiger charge is -2.41. The first-order chi connectivity index (χ1) is 8.28. The third-order valence-corrected chi connectivity index (χ3v) is 6.19. The Morgan fingerprint density at radius 3 is 2.35 bits per heavy atom. The third-order valence-electron chi connectivity index (χ3n) is 6.19. The number of hydrogen-bond acceptors (Lipinski definition) is 1. The first kappa shape index (κ1) is 12.0. The average Bonchev–Trinajstić information content (AvgIpc) is 3.00. The van der Waals surface area contributed by atoms with E-state index >= 15 is 0 Å². The van der Waals surface area contributed by atoms with E-state index in [1.807, 2.05) is 0 Å². The van der Waals surface area contributed by atoms with E-state index in [-0.39, 0.29) is 0 Å². The molecule has 2 aliphatic carbocycles. The molecular formula is C16H29N. The molecule has 3 aliphatic rings. The molecule has 1 aliphatic heterocycles. The molecule has 2 bridgehead atoms. The lowest BCUT2D eigenvalue weighted by molar-refractivity contribution is 0.0813. The van der Waals surface area contributed by atoms with Crippen LogP contribution in [0.25, 0.3) is 0 Å². The van der Waals surface area contributed by atoms with Crippen LogP contribution in [0.4, 0.5) is 0 Å². The molecule has 0 aromatic heterocycles. The maximum Gasteiger partial charge on any atom is 0.0126 e. The summed E-state index contributed by atoms with van der Waals surface area (Å²) in [5, 5.41) is 0. The van der Waals surface area contributed by atoms with Gasteiger partial charge in [-0.15, -0.1) is 0 Å². The minimum atomic E-state index is 0.956. The molecule has 1 heteroatoms. The van der Waals surface area contributed by atoms with Crippen LogP contribution in [0, 0.1) is 23.7 Å². The van der Waals surface area contributed by atoms with Gasteiger partial charge >= 0.3 is 0 Å². The first-order valence-electron chi connectivity index (χ1n) is 8.02. The van der Waals surface area contributed by atoms with Gasteiger partial charge < -0.3 is 4.90 Å². The Bertz CT molecular complexity index is 254. The summed E-state index contributed by atoms with van der Waals surface area (Å²) < 4.78 is 0. The Hall–Kier alpha value is -0.0400. The fraction of sp³-hybridized carbons (Fsp3) is 1.00. The van der Waals surface area contributed by atoms with Crippen LogP contribution < -0.4 is 0 Å². The standard InChI is InChI=1S/C16H29N/c1-3-12(2)14-6-8-17(9-7-14)16-11-13-4-5-15(16)10-13/h12-16H,3-11H2,1-2H3. The van der Waals surface area contributed by atoms with Gasteiger partial charge in [-0.1, -0.05) is 26.7 Å². The van der Waals surface area contributed by atoms with Crippen molar-refractivity contribution in [2.45, 2.75) is 64.8 Å². The quantitative estimate of drug-likeness (QED) is 0.716. The molecule has 0 spiro atoms. The van der Waals surface area contributed by atoms with E-state index in [1.54, 1.807) is 25.7 Å². The Morgan fingerprint density at radius 1 is 1.06 bits per heavy atom. The van der Waals surface area contributed by atoms with Crippen LogP contribution >= 0.6 is 0 Å². The minimum absolute atomic E-state index is 0.956. The molecule has 4 atom stereocenters. The molecule has 3 rings (SSSR count). The summed E-state index contributed by atoms with van der Waals surface area (Å²) in [6.07, 6.45) is 10.5. The van der Waals surface area contributed by atoms with Crippen molar-refractivity contribution >= 4 is 0 Å². The summed E-state index contributed by atoms with van der Waals surface area (Å²) >= 11 is 0. The van der Waals surface area contributed by atoms with Crippen molar-refractivity contribution < 1.29 is 0 Å². The van der Waals surface area contributed by atoms with Gasteiger partial charge in [-0.25, -0.2) is 0 Å². The fourth-order valence-corrected chi connectivity index (χ4v) is 4.81. The van der Waals surface area contributed by atoms with Crippen LogP contribution in [0.1, 0.15) is 58.8 Å². The summed E-state index contributed by atoms with van der Waals surface area (Å²) in [5.41, 5.74) is 0. The Labute approximate surface area is 107 Å². The summed E-state index contributed by atoms with van der Waals surface area (Å²) in [4.78, 5) is 2.86. The zero-order valence-electron chi connectivity index (χ0n) is 11.7. The lowest BCUT2D eigenvalue weighted by atomic mass is 9.82. The van der Waals surface area contributed by atoms with E-state index in [1.165, 1.54) is 32.4 Å². The van der Waals surface area contributed by atoms with Gasteiger partial charge in [-0.2, -0.15) is 0 Å². The second-order valence-corrected chi connectivity index (χ2v) is 7.00. The normalized spacial score (nSPS) is 40.9. The predicted octanol–water partition coefficient (Wildman–Crippen LogP) is 3.93. The molecule has 1 nitrogen and oxygen atoms in total. The largest absolute Gasteiger partial charge is 0.300 e. The van der Waals surface area contributed by atoms with E-state index in [9.17, 15) is 0 Å². The van der Waals surface area contributed by atoms with Crippen LogP contribution in [0.2, 0.25) is 0 Å². The molecule has 3 fully saturated rings. The average molecular weight is 235 g/mol. The van der Waals surface area contributed by atoms with Crippen molar-refractivity contribution in [2.24, 2.45) is 23.7 Å². The van der Waals surface area contributed by atoms with Gasteiger partial charge in [0.1, 0.15) is 0 Å². The number of nitrogens with zero attached hydrogens (tertiary/aromatic N) is 1. The topological polar surface area (TPSA) is 3.24 Å².